The van der Waals surface area contributed by atoms with Crippen molar-refractivity contribution < 1.29 is 0 Å². The molecule has 21 heavy (non-hydrogen) atoms. The molecule has 1 aliphatic heterocycles. The van der Waals surface area contributed by atoms with Gasteiger partial charge in [-0.15, -0.1) is 0 Å². The van der Waals surface area contributed by atoms with Gasteiger partial charge in [-0.3, -0.25) is 15.4 Å². The van der Waals surface area contributed by atoms with Gasteiger partial charge in [-0.05, 0) is 36.5 Å². The van der Waals surface area contributed by atoms with E-state index in [1.165, 1.54) is 0 Å². The molecule has 1 aliphatic rings. The van der Waals surface area contributed by atoms with E-state index in [4.69, 9.17) is 12.2 Å². The van der Waals surface area contributed by atoms with Crippen LogP contribution in [0, 0.1) is 0 Å². The Labute approximate surface area is 127 Å². The van der Waals surface area contributed by atoms with Gasteiger partial charge in [0, 0.05) is 25.4 Å². The first-order chi connectivity index (χ1) is 10.3. The van der Waals surface area contributed by atoms with E-state index < -0.39 is 0 Å². The fourth-order valence-corrected chi connectivity index (χ4v) is 2.20. The summed E-state index contributed by atoms with van der Waals surface area (Å²) in [5, 5.41) is 11.1. The third-order valence-electron chi connectivity index (χ3n) is 2.97. The summed E-state index contributed by atoms with van der Waals surface area (Å²) in [6, 6.07) is 7.61. The molecular formula is C14H14N6S. The highest BCUT2D eigenvalue weighted by Gasteiger charge is 2.15. The molecule has 0 aromatic carbocycles. The third-order valence-corrected chi connectivity index (χ3v) is 3.16. The molecule has 0 fully saturated rings. The highest BCUT2D eigenvalue weighted by molar-refractivity contribution is 7.80. The second-order valence-electron chi connectivity index (χ2n) is 4.44. The molecule has 3 N–H and O–H groups in total. The number of hydrogen-bond acceptors (Lipinski definition) is 5. The largest absolute Gasteiger partial charge is 0.383 e. The van der Waals surface area contributed by atoms with Crippen molar-refractivity contribution in [2.45, 2.75) is 6.42 Å². The Morgan fingerprint density at radius 2 is 2.19 bits per heavy atom. The van der Waals surface area contributed by atoms with Crippen molar-refractivity contribution in [3.05, 3.63) is 48.5 Å². The van der Waals surface area contributed by atoms with Crippen LogP contribution in [0.3, 0.4) is 0 Å². The molecule has 7 heteroatoms. The molecule has 2 aromatic rings. The van der Waals surface area contributed by atoms with Crippen molar-refractivity contribution >= 4 is 34.4 Å². The molecule has 0 amide bonds. The minimum absolute atomic E-state index is 0.423. The predicted octanol–water partition coefficient (Wildman–Crippen LogP) is 1.98. The molecule has 0 atom stereocenters. The molecule has 0 radical (unpaired) electrons. The van der Waals surface area contributed by atoms with Gasteiger partial charge in [0.05, 0.1) is 23.3 Å². The zero-order valence-electron chi connectivity index (χ0n) is 11.2. The van der Waals surface area contributed by atoms with E-state index in [-0.39, 0.29) is 0 Å². The van der Waals surface area contributed by atoms with Crippen molar-refractivity contribution in [1.29, 1.82) is 0 Å². The highest BCUT2D eigenvalue weighted by Crippen LogP contribution is 2.18. The minimum atomic E-state index is 0.423. The van der Waals surface area contributed by atoms with E-state index in [0.29, 0.717) is 5.11 Å². The lowest BCUT2D eigenvalue weighted by atomic mass is 10.1. The monoisotopic (exact) mass is 298 g/mol. The summed E-state index contributed by atoms with van der Waals surface area (Å²) in [5.74, 6) is 0. The van der Waals surface area contributed by atoms with Gasteiger partial charge in [0.2, 0.25) is 0 Å². The standard InChI is InChI=1S/C14H14N6S/c21-14(18-10-3-1-6-15-9-10)20-19-12-5-8-16-11-4-2-7-17-13(11)12/h1-4,6-7,9,16H,5,8H2,(H2,18,20,21)/b19-12-. The van der Waals surface area contributed by atoms with E-state index >= 15 is 0 Å². The van der Waals surface area contributed by atoms with Crippen molar-refractivity contribution in [2.24, 2.45) is 5.10 Å². The molecule has 3 rings (SSSR count). The van der Waals surface area contributed by atoms with Gasteiger partial charge < -0.3 is 10.6 Å². The fourth-order valence-electron chi connectivity index (χ4n) is 2.03. The molecule has 0 saturated heterocycles. The van der Waals surface area contributed by atoms with Crippen molar-refractivity contribution in [3.8, 4) is 0 Å². The number of hydrazone groups is 1. The van der Waals surface area contributed by atoms with Gasteiger partial charge in [0.15, 0.2) is 5.11 Å². The Kier molecular flexibility index (Phi) is 4.02. The molecule has 0 spiro atoms. The Hall–Kier alpha value is -2.54. The van der Waals surface area contributed by atoms with Gasteiger partial charge in [-0.25, -0.2) is 0 Å². The first kappa shape index (κ1) is 13.4. The number of anilines is 2. The lowest BCUT2D eigenvalue weighted by Crippen LogP contribution is -2.28. The highest BCUT2D eigenvalue weighted by atomic mass is 32.1. The lowest BCUT2D eigenvalue weighted by Gasteiger charge is -2.18. The first-order valence-corrected chi connectivity index (χ1v) is 6.96. The van der Waals surface area contributed by atoms with Gasteiger partial charge in [0.1, 0.15) is 5.69 Å². The van der Waals surface area contributed by atoms with Crippen molar-refractivity contribution in [1.82, 2.24) is 15.4 Å². The number of hydrogen-bond donors (Lipinski definition) is 3. The average molecular weight is 298 g/mol. The number of aromatic nitrogens is 2. The molecule has 0 unspecified atom stereocenters. The quantitative estimate of drug-likeness (QED) is 0.581. The van der Waals surface area contributed by atoms with Gasteiger partial charge >= 0.3 is 0 Å². The van der Waals surface area contributed by atoms with Crippen LogP contribution in [-0.2, 0) is 0 Å². The summed E-state index contributed by atoms with van der Waals surface area (Å²) in [6.07, 6.45) is 5.96. The Balaban J connectivity index is 1.68. The summed E-state index contributed by atoms with van der Waals surface area (Å²) in [6.45, 7) is 0.835. The number of nitrogens with one attached hydrogen (secondary N) is 3. The van der Waals surface area contributed by atoms with E-state index in [9.17, 15) is 0 Å². The van der Waals surface area contributed by atoms with E-state index in [1.54, 1.807) is 18.6 Å². The van der Waals surface area contributed by atoms with Crippen LogP contribution in [0.2, 0.25) is 0 Å². The maximum absolute atomic E-state index is 5.21. The number of thiocarbonyl (C=S) groups is 1. The van der Waals surface area contributed by atoms with E-state index in [2.05, 4.69) is 31.1 Å². The fraction of sp³-hybridized carbons (Fsp3) is 0.143. The summed E-state index contributed by atoms with van der Waals surface area (Å²) >= 11 is 5.21. The molecule has 0 bridgehead atoms. The average Bonchev–Trinajstić information content (AvgIpc) is 2.54. The van der Waals surface area contributed by atoms with Crippen LogP contribution in [0.1, 0.15) is 12.1 Å². The van der Waals surface area contributed by atoms with E-state index in [0.717, 1.165) is 35.7 Å². The zero-order chi connectivity index (χ0) is 14.5. The topological polar surface area (TPSA) is 74.2 Å². The van der Waals surface area contributed by atoms with Crippen LogP contribution in [-0.4, -0.2) is 27.3 Å². The molecule has 0 aliphatic carbocycles. The Morgan fingerprint density at radius 1 is 1.29 bits per heavy atom. The second-order valence-corrected chi connectivity index (χ2v) is 4.85. The third kappa shape index (κ3) is 3.32. The zero-order valence-corrected chi connectivity index (χ0v) is 12.0. The second kappa shape index (κ2) is 6.27. The van der Waals surface area contributed by atoms with Crippen LogP contribution < -0.4 is 16.1 Å². The summed E-state index contributed by atoms with van der Waals surface area (Å²) in [4.78, 5) is 8.37. The van der Waals surface area contributed by atoms with Crippen LogP contribution in [0.4, 0.5) is 11.4 Å². The number of nitrogens with zero attached hydrogens (tertiary/aromatic N) is 3. The van der Waals surface area contributed by atoms with Crippen LogP contribution in [0.5, 0.6) is 0 Å². The molecule has 0 saturated carbocycles. The Morgan fingerprint density at radius 3 is 3.05 bits per heavy atom. The summed E-state index contributed by atoms with van der Waals surface area (Å²) in [5.41, 5.74) is 6.42. The molecular weight excluding hydrogens is 284 g/mol. The van der Waals surface area contributed by atoms with Crippen molar-refractivity contribution in [3.63, 3.8) is 0 Å². The molecule has 2 aromatic heterocycles. The SMILES string of the molecule is S=C(N/N=C1/CCNc2cccnc21)Nc1cccnc1. The maximum atomic E-state index is 5.21. The van der Waals surface area contributed by atoms with Crippen molar-refractivity contribution in [2.75, 3.05) is 17.2 Å². The molecule has 6 nitrogen and oxygen atoms in total. The predicted molar refractivity (Wildman–Crippen MR) is 87.5 cm³/mol. The number of fused-ring (bicyclic) bond motifs is 1. The van der Waals surface area contributed by atoms with Crippen LogP contribution >= 0.6 is 12.2 Å². The number of rotatable bonds is 2. The lowest BCUT2D eigenvalue weighted by molar-refractivity contribution is 0.976. The maximum Gasteiger partial charge on any atom is 0.191 e. The van der Waals surface area contributed by atoms with Gasteiger partial charge in [-0.2, -0.15) is 5.10 Å². The van der Waals surface area contributed by atoms with Gasteiger partial charge in [-0.1, -0.05) is 0 Å². The smallest absolute Gasteiger partial charge is 0.191 e. The summed E-state index contributed by atoms with van der Waals surface area (Å²) in [7, 11) is 0. The molecule has 3 heterocycles. The van der Waals surface area contributed by atoms with Crippen LogP contribution in [0.15, 0.2) is 48.0 Å². The minimum Gasteiger partial charge on any atom is -0.383 e. The van der Waals surface area contributed by atoms with E-state index in [1.807, 2.05) is 24.3 Å². The van der Waals surface area contributed by atoms with Gasteiger partial charge in [0.25, 0.3) is 0 Å². The normalized spacial score (nSPS) is 15.0. The summed E-state index contributed by atoms with van der Waals surface area (Å²) < 4.78 is 0. The number of pyridine rings is 2. The van der Waals surface area contributed by atoms with Crippen LogP contribution in [0.25, 0.3) is 0 Å². The molecule has 106 valence electrons. The first-order valence-electron chi connectivity index (χ1n) is 6.56. The Bertz CT molecular complexity index is 670.